The molecule has 4 heteroatoms. The van der Waals surface area contributed by atoms with Crippen LogP contribution in [0.3, 0.4) is 0 Å². The molecular formula is C14H17BrFNO. The summed E-state index contributed by atoms with van der Waals surface area (Å²) in [6.45, 7) is 3.14. The van der Waals surface area contributed by atoms with E-state index in [-0.39, 0.29) is 17.4 Å². The molecule has 1 aromatic rings. The lowest BCUT2D eigenvalue weighted by Crippen LogP contribution is -2.38. The van der Waals surface area contributed by atoms with Crippen LogP contribution in [0, 0.1) is 11.7 Å². The normalized spacial score (nSPS) is 23.9. The molecule has 1 fully saturated rings. The van der Waals surface area contributed by atoms with E-state index in [2.05, 4.69) is 28.2 Å². The molecular weight excluding hydrogens is 297 g/mol. The Hall–Kier alpha value is -0.740. The Morgan fingerprint density at radius 1 is 1.56 bits per heavy atom. The highest BCUT2D eigenvalue weighted by Gasteiger charge is 2.22. The number of benzene rings is 1. The summed E-state index contributed by atoms with van der Waals surface area (Å²) in [5.74, 6) is 0.0728. The average molecular weight is 314 g/mol. The van der Waals surface area contributed by atoms with Crippen LogP contribution in [-0.2, 0) is 0 Å². The fourth-order valence-corrected chi connectivity index (χ4v) is 2.76. The number of rotatable bonds is 3. The SMILES string of the molecule is CC1CCNC(CC(=O)c2ccc(Br)cc2F)C1. The molecule has 0 aliphatic carbocycles. The van der Waals surface area contributed by atoms with Crippen molar-refractivity contribution < 1.29 is 9.18 Å². The van der Waals surface area contributed by atoms with Crippen molar-refractivity contribution in [1.82, 2.24) is 5.32 Å². The minimum Gasteiger partial charge on any atom is -0.314 e. The number of hydrogen-bond donors (Lipinski definition) is 1. The lowest BCUT2D eigenvalue weighted by atomic mass is 9.90. The van der Waals surface area contributed by atoms with Crippen molar-refractivity contribution >= 4 is 21.7 Å². The van der Waals surface area contributed by atoms with Gasteiger partial charge in [0.25, 0.3) is 0 Å². The van der Waals surface area contributed by atoms with Crippen molar-refractivity contribution in [2.75, 3.05) is 6.54 Å². The van der Waals surface area contributed by atoms with Crippen molar-refractivity contribution in [2.45, 2.75) is 32.2 Å². The Kier molecular flexibility index (Phi) is 4.51. The quantitative estimate of drug-likeness (QED) is 0.865. The summed E-state index contributed by atoms with van der Waals surface area (Å²) in [5, 5.41) is 3.33. The molecule has 0 saturated carbocycles. The van der Waals surface area contributed by atoms with Crippen molar-refractivity contribution in [1.29, 1.82) is 0 Å². The molecule has 2 unspecified atom stereocenters. The topological polar surface area (TPSA) is 29.1 Å². The standard InChI is InChI=1S/C14H17BrFNO/c1-9-4-5-17-11(6-9)8-14(18)12-3-2-10(15)7-13(12)16/h2-3,7,9,11,17H,4-6,8H2,1H3. The molecule has 2 rings (SSSR count). The first-order chi connectivity index (χ1) is 8.56. The Morgan fingerprint density at radius 2 is 2.33 bits per heavy atom. The molecule has 0 radical (unpaired) electrons. The smallest absolute Gasteiger partial charge is 0.167 e. The molecule has 2 atom stereocenters. The van der Waals surface area contributed by atoms with E-state index in [0.717, 1.165) is 19.4 Å². The van der Waals surface area contributed by atoms with E-state index in [1.165, 1.54) is 6.07 Å². The average Bonchev–Trinajstić information content (AvgIpc) is 2.28. The molecule has 18 heavy (non-hydrogen) atoms. The van der Waals surface area contributed by atoms with Crippen molar-refractivity contribution in [3.8, 4) is 0 Å². The minimum absolute atomic E-state index is 0.119. The van der Waals surface area contributed by atoms with Crippen molar-refractivity contribution in [3.63, 3.8) is 0 Å². The van der Waals surface area contributed by atoms with Gasteiger partial charge in [-0.2, -0.15) is 0 Å². The molecule has 1 N–H and O–H groups in total. The van der Waals surface area contributed by atoms with Gasteiger partial charge >= 0.3 is 0 Å². The van der Waals surface area contributed by atoms with Crippen LogP contribution in [0.25, 0.3) is 0 Å². The number of carbonyl (C=O) groups is 1. The Bertz CT molecular complexity index is 449. The maximum atomic E-state index is 13.7. The molecule has 1 saturated heterocycles. The first kappa shape index (κ1) is 13.7. The zero-order valence-corrected chi connectivity index (χ0v) is 12.0. The van der Waals surface area contributed by atoms with Gasteiger partial charge in [-0.1, -0.05) is 22.9 Å². The number of ketones is 1. The predicted octanol–water partition coefficient (Wildman–Crippen LogP) is 3.55. The van der Waals surface area contributed by atoms with Gasteiger partial charge < -0.3 is 5.32 Å². The molecule has 1 aromatic carbocycles. The van der Waals surface area contributed by atoms with E-state index in [1.54, 1.807) is 12.1 Å². The molecule has 0 amide bonds. The highest BCUT2D eigenvalue weighted by atomic mass is 79.9. The van der Waals surface area contributed by atoms with Gasteiger partial charge in [-0.05, 0) is 43.5 Å². The summed E-state index contributed by atoms with van der Waals surface area (Å²) >= 11 is 3.19. The zero-order valence-electron chi connectivity index (χ0n) is 10.4. The fraction of sp³-hybridized carbons (Fsp3) is 0.500. The van der Waals surface area contributed by atoms with Crippen LogP contribution in [0.2, 0.25) is 0 Å². The van der Waals surface area contributed by atoms with Crippen molar-refractivity contribution in [3.05, 3.63) is 34.1 Å². The third-order valence-corrected chi connectivity index (χ3v) is 3.91. The van der Waals surface area contributed by atoms with E-state index in [0.29, 0.717) is 16.8 Å². The van der Waals surface area contributed by atoms with E-state index in [4.69, 9.17) is 0 Å². The molecule has 2 nitrogen and oxygen atoms in total. The van der Waals surface area contributed by atoms with Gasteiger partial charge in [-0.15, -0.1) is 0 Å². The molecule has 98 valence electrons. The zero-order chi connectivity index (χ0) is 13.1. The number of nitrogens with one attached hydrogen (secondary N) is 1. The van der Waals surface area contributed by atoms with E-state index in [9.17, 15) is 9.18 Å². The molecule has 1 aliphatic heterocycles. The van der Waals surface area contributed by atoms with Crippen LogP contribution in [0.5, 0.6) is 0 Å². The summed E-state index contributed by atoms with van der Waals surface area (Å²) in [6, 6.07) is 4.77. The monoisotopic (exact) mass is 313 g/mol. The molecule has 1 aliphatic rings. The maximum Gasteiger partial charge on any atom is 0.167 e. The second-order valence-electron chi connectivity index (χ2n) is 5.03. The highest BCUT2D eigenvalue weighted by molar-refractivity contribution is 9.10. The second-order valence-corrected chi connectivity index (χ2v) is 5.95. The van der Waals surface area contributed by atoms with Crippen LogP contribution < -0.4 is 5.32 Å². The number of piperidine rings is 1. The summed E-state index contributed by atoms with van der Waals surface area (Å²) < 4.78 is 14.3. The number of Topliss-reactive ketones (excluding diaryl/α,β-unsaturated/α-hetero) is 1. The first-order valence-electron chi connectivity index (χ1n) is 6.28. The maximum absolute atomic E-state index is 13.7. The predicted molar refractivity (Wildman–Crippen MR) is 73.2 cm³/mol. The third-order valence-electron chi connectivity index (χ3n) is 3.42. The molecule has 1 heterocycles. The van der Waals surface area contributed by atoms with Crippen LogP contribution in [0.4, 0.5) is 4.39 Å². The van der Waals surface area contributed by atoms with E-state index < -0.39 is 5.82 Å². The Labute approximate surface area is 115 Å². The van der Waals surface area contributed by atoms with Crippen LogP contribution in [0.15, 0.2) is 22.7 Å². The van der Waals surface area contributed by atoms with Gasteiger partial charge in [-0.25, -0.2) is 4.39 Å². The summed E-state index contributed by atoms with van der Waals surface area (Å²) in [6.07, 6.45) is 2.52. The molecule has 0 bridgehead atoms. The molecule has 0 spiro atoms. The Balaban J connectivity index is 2.03. The highest BCUT2D eigenvalue weighted by Crippen LogP contribution is 2.21. The van der Waals surface area contributed by atoms with Crippen molar-refractivity contribution in [2.24, 2.45) is 5.92 Å². The van der Waals surface area contributed by atoms with Gasteiger partial charge in [0.15, 0.2) is 5.78 Å². The summed E-state index contributed by atoms with van der Waals surface area (Å²) in [4.78, 5) is 12.1. The largest absolute Gasteiger partial charge is 0.314 e. The van der Waals surface area contributed by atoms with Gasteiger partial charge in [-0.3, -0.25) is 4.79 Å². The first-order valence-corrected chi connectivity index (χ1v) is 7.07. The number of halogens is 2. The van der Waals surface area contributed by atoms with Gasteiger partial charge in [0.05, 0.1) is 5.56 Å². The van der Waals surface area contributed by atoms with Crippen LogP contribution >= 0.6 is 15.9 Å². The van der Waals surface area contributed by atoms with Crippen LogP contribution in [0.1, 0.15) is 36.5 Å². The third kappa shape index (κ3) is 3.39. The lowest BCUT2D eigenvalue weighted by molar-refractivity contribution is 0.0955. The summed E-state index contributed by atoms with van der Waals surface area (Å²) in [5.41, 5.74) is 0.193. The molecule has 0 aromatic heterocycles. The Morgan fingerprint density at radius 3 is 3.00 bits per heavy atom. The fourth-order valence-electron chi connectivity index (χ4n) is 2.43. The second kappa shape index (κ2) is 5.93. The number of hydrogen-bond acceptors (Lipinski definition) is 2. The van der Waals surface area contributed by atoms with E-state index >= 15 is 0 Å². The number of carbonyl (C=O) groups excluding carboxylic acids is 1. The van der Waals surface area contributed by atoms with E-state index in [1.807, 2.05) is 0 Å². The summed E-state index contributed by atoms with van der Waals surface area (Å²) in [7, 11) is 0. The van der Waals surface area contributed by atoms with Gasteiger partial charge in [0.2, 0.25) is 0 Å². The van der Waals surface area contributed by atoms with Gasteiger partial charge in [0, 0.05) is 16.9 Å². The lowest BCUT2D eigenvalue weighted by Gasteiger charge is -2.27. The van der Waals surface area contributed by atoms with Gasteiger partial charge in [0.1, 0.15) is 5.82 Å². The minimum atomic E-state index is -0.446. The van der Waals surface area contributed by atoms with Crippen LogP contribution in [-0.4, -0.2) is 18.4 Å².